The van der Waals surface area contributed by atoms with Crippen molar-refractivity contribution >= 4 is 0 Å². The van der Waals surface area contributed by atoms with Crippen LogP contribution in [0.4, 0.5) is 8.78 Å². The number of aromatic nitrogens is 2. The topological polar surface area (TPSA) is 59.3 Å². The molecule has 2 rings (SSSR count). The number of ether oxygens (including phenoxy) is 1. The van der Waals surface area contributed by atoms with Crippen molar-refractivity contribution in [1.29, 1.82) is 0 Å². The monoisotopic (exact) mass is 339 g/mol. The Kier molecular flexibility index (Phi) is 5.90. The molecule has 2 N–H and O–H groups in total. The highest BCUT2D eigenvalue weighted by Crippen LogP contribution is 2.23. The molecule has 0 fully saturated rings. The van der Waals surface area contributed by atoms with Crippen LogP contribution in [0.2, 0.25) is 0 Å². The van der Waals surface area contributed by atoms with Crippen LogP contribution in [0.5, 0.6) is 5.75 Å². The van der Waals surface area contributed by atoms with Gasteiger partial charge in [-0.25, -0.2) is 0 Å². The number of alkyl halides is 2. The number of hydrogen-bond acceptors (Lipinski definition) is 4. The number of rotatable bonds is 7. The lowest BCUT2D eigenvalue weighted by molar-refractivity contribution is -0.0498. The summed E-state index contributed by atoms with van der Waals surface area (Å²) in [4.78, 5) is 0. The molecule has 0 aliphatic heterocycles. The summed E-state index contributed by atoms with van der Waals surface area (Å²) in [6.07, 6.45) is -0.745. The van der Waals surface area contributed by atoms with Gasteiger partial charge in [-0.3, -0.25) is 4.68 Å². The zero-order valence-corrected chi connectivity index (χ0v) is 14.3. The van der Waals surface area contributed by atoms with Gasteiger partial charge in [0, 0.05) is 30.9 Å². The predicted octanol–water partition coefficient (Wildman–Crippen LogP) is 3.02. The van der Waals surface area contributed by atoms with Crippen molar-refractivity contribution in [2.24, 2.45) is 7.05 Å². The number of benzene rings is 1. The van der Waals surface area contributed by atoms with Crippen LogP contribution in [0.1, 0.15) is 41.6 Å². The van der Waals surface area contributed by atoms with Crippen molar-refractivity contribution in [1.82, 2.24) is 15.1 Å². The number of halogens is 2. The van der Waals surface area contributed by atoms with E-state index in [4.69, 9.17) is 0 Å². The van der Waals surface area contributed by atoms with E-state index in [-0.39, 0.29) is 11.8 Å². The normalized spacial score (nSPS) is 14.0. The first-order valence-corrected chi connectivity index (χ1v) is 7.76. The molecule has 5 nitrogen and oxygen atoms in total. The number of aliphatic hydroxyl groups excluding tert-OH is 1. The maximum Gasteiger partial charge on any atom is 0.387 e. The molecule has 0 amide bonds. The molecule has 0 spiro atoms. The van der Waals surface area contributed by atoms with Gasteiger partial charge in [0.25, 0.3) is 0 Å². The Morgan fingerprint density at radius 1 is 1.25 bits per heavy atom. The van der Waals surface area contributed by atoms with Gasteiger partial charge in [0.15, 0.2) is 0 Å². The number of hydrogen-bond donors (Lipinski definition) is 2. The first-order chi connectivity index (χ1) is 11.3. The molecule has 132 valence electrons. The zero-order chi connectivity index (χ0) is 17.9. The highest BCUT2D eigenvalue weighted by atomic mass is 19.3. The molecule has 1 heterocycles. The second kappa shape index (κ2) is 7.72. The second-order valence-corrected chi connectivity index (χ2v) is 5.80. The van der Waals surface area contributed by atoms with E-state index in [0.717, 1.165) is 17.0 Å². The average Bonchev–Trinajstić information content (AvgIpc) is 2.77. The molecule has 7 heteroatoms. The zero-order valence-electron chi connectivity index (χ0n) is 14.3. The van der Waals surface area contributed by atoms with Crippen LogP contribution < -0.4 is 10.1 Å². The molecule has 2 atom stereocenters. The van der Waals surface area contributed by atoms with E-state index in [1.165, 1.54) is 12.1 Å². The lowest BCUT2D eigenvalue weighted by atomic mass is 10.1. The SMILES string of the molecule is Cc1nn(C)c(C)c1C(C)NCC(O)c1ccc(OC(F)F)cc1. The third-order valence-electron chi connectivity index (χ3n) is 4.11. The maximum atomic E-state index is 12.1. The minimum absolute atomic E-state index is 0.0368. The first kappa shape index (κ1) is 18.4. The number of aliphatic hydroxyl groups is 1. The summed E-state index contributed by atoms with van der Waals surface area (Å²) in [5.74, 6) is 0.0730. The Balaban J connectivity index is 1.96. The Bertz CT molecular complexity index is 671. The van der Waals surface area contributed by atoms with Crippen molar-refractivity contribution < 1.29 is 18.6 Å². The standard InChI is InChI=1S/C17H23F2N3O2/c1-10(16-11(2)21-22(4)12(16)3)20-9-15(23)13-5-7-14(8-6-13)24-17(18)19/h5-8,10,15,17,20,23H,9H2,1-4H3. The fourth-order valence-electron chi connectivity index (χ4n) is 2.80. The van der Waals surface area contributed by atoms with Gasteiger partial charge >= 0.3 is 6.61 Å². The molecular weight excluding hydrogens is 316 g/mol. The molecule has 1 aromatic heterocycles. The van der Waals surface area contributed by atoms with Gasteiger partial charge in [-0.1, -0.05) is 12.1 Å². The minimum atomic E-state index is -2.85. The number of nitrogens with zero attached hydrogens (tertiary/aromatic N) is 2. The maximum absolute atomic E-state index is 12.1. The summed E-state index contributed by atoms with van der Waals surface area (Å²) < 4.78 is 30.4. The van der Waals surface area contributed by atoms with E-state index in [0.29, 0.717) is 12.1 Å². The van der Waals surface area contributed by atoms with Gasteiger partial charge in [0.2, 0.25) is 0 Å². The van der Waals surface area contributed by atoms with Crippen LogP contribution in [0.15, 0.2) is 24.3 Å². The van der Waals surface area contributed by atoms with E-state index in [1.807, 2.05) is 32.5 Å². The molecule has 0 saturated carbocycles. The van der Waals surface area contributed by atoms with Crippen molar-refractivity contribution in [3.05, 3.63) is 46.8 Å². The summed E-state index contributed by atoms with van der Waals surface area (Å²) >= 11 is 0. The van der Waals surface area contributed by atoms with E-state index >= 15 is 0 Å². The van der Waals surface area contributed by atoms with E-state index in [1.54, 1.807) is 12.1 Å². The molecule has 0 aliphatic carbocycles. The summed E-state index contributed by atoms with van der Waals surface area (Å²) in [6, 6.07) is 6.03. The Morgan fingerprint density at radius 2 is 1.88 bits per heavy atom. The van der Waals surface area contributed by atoms with E-state index < -0.39 is 12.7 Å². The molecule has 2 unspecified atom stereocenters. The van der Waals surface area contributed by atoms with Crippen LogP contribution in [-0.4, -0.2) is 28.0 Å². The molecule has 0 aliphatic rings. The highest BCUT2D eigenvalue weighted by molar-refractivity contribution is 5.29. The highest BCUT2D eigenvalue weighted by Gasteiger charge is 2.17. The van der Waals surface area contributed by atoms with Gasteiger partial charge in [-0.15, -0.1) is 0 Å². The minimum Gasteiger partial charge on any atom is -0.435 e. The lowest BCUT2D eigenvalue weighted by Crippen LogP contribution is -2.25. The third-order valence-corrected chi connectivity index (χ3v) is 4.11. The van der Waals surface area contributed by atoms with Gasteiger partial charge in [-0.2, -0.15) is 13.9 Å². The molecule has 0 radical (unpaired) electrons. The third kappa shape index (κ3) is 4.30. The average molecular weight is 339 g/mol. The second-order valence-electron chi connectivity index (χ2n) is 5.80. The number of nitrogens with one attached hydrogen (secondary N) is 1. The fourth-order valence-corrected chi connectivity index (χ4v) is 2.80. The fraction of sp³-hybridized carbons (Fsp3) is 0.471. The molecule has 2 aromatic rings. The summed E-state index contributed by atoms with van der Waals surface area (Å²) in [5.41, 5.74) is 3.79. The Hall–Kier alpha value is -1.99. The molecule has 0 bridgehead atoms. The van der Waals surface area contributed by atoms with Crippen LogP contribution in [0, 0.1) is 13.8 Å². The Labute approximate surface area is 140 Å². The molecule has 24 heavy (non-hydrogen) atoms. The summed E-state index contributed by atoms with van der Waals surface area (Å²) in [7, 11) is 1.90. The number of aryl methyl sites for hydroxylation is 2. The van der Waals surface area contributed by atoms with Crippen molar-refractivity contribution in [2.75, 3.05) is 6.54 Å². The quantitative estimate of drug-likeness (QED) is 0.814. The van der Waals surface area contributed by atoms with Crippen LogP contribution in [0.3, 0.4) is 0 Å². The van der Waals surface area contributed by atoms with Crippen LogP contribution in [0.25, 0.3) is 0 Å². The predicted molar refractivity (Wildman–Crippen MR) is 87.1 cm³/mol. The van der Waals surface area contributed by atoms with Gasteiger partial charge in [0.05, 0.1) is 11.8 Å². The lowest BCUT2D eigenvalue weighted by Gasteiger charge is -2.18. The molecule has 0 saturated heterocycles. The summed E-state index contributed by atoms with van der Waals surface area (Å²) in [6.45, 7) is 3.46. The van der Waals surface area contributed by atoms with Crippen molar-refractivity contribution in [3.8, 4) is 5.75 Å². The molecular formula is C17H23F2N3O2. The van der Waals surface area contributed by atoms with E-state index in [9.17, 15) is 13.9 Å². The Morgan fingerprint density at radius 3 is 2.38 bits per heavy atom. The van der Waals surface area contributed by atoms with Crippen LogP contribution >= 0.6 is 0 Å². The van der Waals surface area contributed by atoms with Gasteiger partial charge in [0.1, 0.15) is 5.75 Å². The van der Waals surface area contributed by atoms with Gasteiger partial charge in [-0.05, 0) is 38.5 Å². The van der Waals surface area contributed by atoms with Crippen molar-refractivity contribution in [2.45, 2.75) is 39.5 Å². The largest absolute Gasteiger partial charge is 0.435 e. The summed E-state index contributed by atoms with van der Waals surface area (Å²) in [5, 5.41) is 17.9. The van der Waals surface area contributed by atoms with Gasteiger partial charge < -0.3 is 15.2 Å². The first-order valence-electron chi connectivity index (χ1n) is 7.76. The van der Waals surface area contributed by atoms with Crippen LogP contribution in [-0.2, 0) is 7.05 Å². The van der Waals surface area contributed by atoms with Crippen molar-refractivity contribution in [3.63, 3.8) is 0 Å². The van der Waals surface area contributed by atoms with E-state index in [2.05, 4.69) is 15.2 Å². The molecule has 1 aromatic carbocycles. The smallest absolute Gasteiger partial charge is 0.387 e.